The molecule has 0 amide bonds. The number of hydrogen-bond donors (Lipinski definition) is 0. The summed E-state index contributed by atoms with van der Waals surface area (Å²) >= 11 is 4.40. The van der Waals surface area contributed by atoms with Crippen molar-refractivity contribution >= 4 is 33.2 Å². The molecule has 0 spiro atoms. The fraction of sp³-hybridized carbons (Fsp3) is 0. The zero-order chi connectivity index (χ0) is 2.00. The Labute approximate surface area is 55.0 Å². The van der Waals surface area contributed by atoms with Crippen molar-refractivity contribution < 1.29 is 14.8 Å². The number of rotatable bonds is 0. The van der Waals surface area contributed by atoms with Crippen molar-refractivity contribution in [3.63, 3.8) is 0 Å². The van der Waals surface area contributed by atoms with E-state index in [-0.39, 0.29) is 20.9 Å². The summed E-state index contributed by atoms with van der Waals surface area (Å²) in [6, 6.07) is 0. The SMILES string of the molecule is [CH3-].[RhH][I].[SH-]. The Morgan fingerprint density at radius 3 is 1.25 bits per heavy atom. The second-order valence-corrected chi connectivity index (χ2v) is 0. The molecular weight excluding hydrogens is 274 g/mol. The normalized spacial score (nSPS) is 1.75. The summed E-state index contributed by atoms with van der Waals surface area (Å²) in [7, 11) is 0. The molecule has 0 heterocycles. The Morgan fingerprint density at radius 2 is 1.25 bits per heavy atom. The molecule has 0 unspecified atom stereocenters. The molecule has 0 aromatic carbocycles. The van der Waals surface area contributed by atoms with Gasteiger partial charge in [-0.15, -0.1) is 0 Å². The van der Waals surface area contributed by atoms with Gasteiger partial charge in [0.25, 0.3) is 0 Å². The third-order valence-electron chi connectivity index (χ3n) is 0. The van der Waals surface area contributed by atoms with Crippen LogP contribution >= 0.6 is 19.8 Å². The first-order valence-corrected chi connectivity index (χ1v) is 5.30. The van der Waals surface area contributed by atoms with Gasteiger partial charge in [-0.25, -0.2) is 0 Å². The molecule has 0 bridgehead atoms. The van der Waals surface area contributed by atoms with E-state index in [0.29, 0.717) is 0 Å². The molecular formula is CH5IRhS-2. The average molecular weight is 279 g/mol. The van der Waals surface area contributed by atoms with Crippen LogP contribution in [0.15, 0.2) is 0 Å². The molecule has 4 heavy (non-hydrogen) atoms. The minimum atomic E-state index is 0. The first-order chi connectivity index (χ1) is 1.00. The second-order valence-electron chi connectivity index (χ2n) is 0. The first kappa shape index (κ1) is 17.3. The molecule has 0 N–H and O–H groups in total. The van der Waals surface area contributed by atoms with Crippen molar-refractivity contribution in [1.82, 2.24) is 0 Å². The van der Waals surface area contributed by atoms with Crippen molar-refractivity contribution in [1.29, 1.82) is 0 Å². The van der Waals surface area contributed by atoms with Crippen molar-refractivity contribution in [2.24, 2.45) is 0 Å². The standard InChI is InChI=1S/CH3.HI.Rh.H2S.H/h1H3;1H;;1H2;/q-1;;+1;;/p-2. The monoisotopic (exact) mass is 279 g/mol. The van der Waals surface area contributed by atoms with E-state index in [9.17, 15) is 0 Å². The van der Waals surface area contributed by atoms with Gasteiger partial charge >= 0.3 is 34.5 Å². The molecule has 0 aliphatic carbocycles. The van der Waals surface area contributed by atoms with E-state index in [1.807, 2.05) is 0 Å². The third-order valence-corrected chi connectivity index (χ3v) is 0. The van der Waals surface area contributed by atoms with Gasteiger partial charge in [0, 0.05) is 0 Å². The molecule has 0 radical (unpaired) electrons. The van der Waals surface area contributed by atoms with Gasteiger partial charge in [-0.1, -0.05) is 0 Å². The fourth-order valence-electron chi connectivity index (χ4n) is 0. The van der Waals surface area contributed by atoms with E-state index < -0.39 is 0 Å². The van der Waals surface area contributed by atoms with Crippen LogP contribution in [0.4, 0.5) is 0 Å². The zero-order valence-corrected chi connectivity index (χ0v) is 6.97. The van der Waals surface area contributed by atoms with Gasteiger partial charge in [0.1, 0.15) is 0 Å². The van der Waals surface area contributed by atoms with Crippen molar-refractivity contribution in [2.75, 3.05) is 0 Å². The Morgan fingerprint density at radius 1 is 1.25 bits per heavy atom. The maximum Gasteiger partial charge on any atom is -0.813 e. The maximum atomic E-state index is 2.32. The van der Waals surface area contributed by atoms with Gasteiger partial charge in [-0.05, 0) is 0 Å². The van der Waals surface area contributed by atoms with Crippen LogP contribution in [-0.2, 0) is 28.3 Å². The summed E-state index contributed by atoms with van der Waals surface area (Å²) in [5.41, 5.74) is 0. The van der Waals surface area contributed by atoms with Crippen molar-refractivity contribution in [2.45, 2.75) is 0 Å². The minimum Gasteiger partial charge on any atom is -0.813 e. The fourth-order valence-corrected chi connectivity index (χ4v) is 0. The maximum absolute atomic E-state index is 2.32. The van der Waals surface area contributed by atoms with Gasteiger partial charge in [-0.2, -0.15) is 0 Å². The van der Waals surface area contributed by atoms with Crippen LogP contribution in [0.25, 0.3) is 0 Å². The molecule has 0 nitrogen and oxygen atoms in total. The number of hydrogen-bond acceptors (Lipinski definition) is 1. The number of thiol groups is 1. The molecule has 0 aromatic rings. The van der Waals surface area contributed by atoms with Crippen LogP contribution in [0.1, 0.15) is 0 Å². The summed E-state index contributed by atoms with van der Waals surface area (Å²) in [5.74, 6) is 0. The van der Waals surface area contributed by atoms with Crippen LogP contribution in [0.5, 0.6) is 0 Å². The van der Waals surface area contributed by atoms with Crippen LogP contribution in [-0.4, -0.2) is 0 Å². The largest absolute Gasteiger partial charge is 0.813 e. The van der Waals surface area contributed by atoms with Gasteiger partial charge in [0.05, 0.1) is 0 Å². The summed E-state index contributed by atoms with van der Waals surface area (Å²) < 4.78 is 0. The minimum absolute atomic E-state index is 0. The van der Waals surface area contributed by atoms with E-state index in [2.05, 4.69) is 34.5 Å². The summed E-state index contributed by atoms with van der Waals surface area (Å²) in [6.07, 6.45) is 0. The Balaban J connectivity index is -0.00000000500. The third kappa shape index (κ3) is 9.33. The smallest absolute Gasteiger partial charge is 0.813 e. The van der Waals surface area contributed by atoms with E-state index in [4.69, 9.17) is 0 Å². The van der Waals surface area contributed by atoms with E-state index in [0.717, 1.165) is 0 Å². The molecule has 0 saturated carbocycles. The molecule has 33 valence electrons. The zero-order valence-electron chi connectivity index (χ0n) is 2.18. The molecule has 3 heteroatoms. The van der Waals surface area contributed by atoms with Crippen LogP contribution in [0.2, 0.25) is 0 Å². The summed E-state index contributed by atoms with van der Waals surface area (Å²) in [6.45, 7) is 0. The van der Waals surface area contributed by atoms with Gasteiger partial charge in [0.15, 0.2) is 0 Å². The van der Waals surface area contributed by atoms with Gasteiger partial charge < -0.3 is 20.9 Å². The molecule has 0 saturated heterocycles. The van der Waals surface area contributed by atoms with Gasteiger partial charge in [0.2, 0.25) is 0 Å². The molecule has 0 atom stereocenters. The average Bonchev–Trinajstić information content (AvgIpc) is 1.00. The summed E-state index contributed by atoms with van der Waals surface area (Å²) in [4.78, 5) is 0. The molecule has 0 aliphatic heterocycles. The Kier molecular flexibility index (Phi) is 96.0. The molecule has 0 aromatic heterocycles. The molecule has 0 rings (SSSR count). The molecule has 0 fully saturated rings. The van der Waals surface area contributed by atoms with E-state index >= 15 is 0 Å². The Bertz CT molecular complexity index is 8.00. The predicted molar refractivity (Wildman–Crippen MR) is 30.6 cm³/mol. The van der Waals surface area contributed by atoms with E-state index in [1.54, 1.807) is 0 Å². The van der Waals surface area contributed by atoms with Crippen LogP contribution < -0.4 is 0 Å². The van der Waals surface area contributed by atoms with E-state index in [1.165, 1.54) is 0 Å². The Hall–Kier alpha value is 1.70. The topological polar surface area (TPSA) is 0 Å². The van der Waals surface area contributed by atoms with Crippen molar-refractivity contribution in [3.8, 4) is 0 Å². The van der Waals surface area contributed by atoms with Gasteiger partial charge in [-0.3, -0.25) is 0 Å². The second kappa shape index (κ2) is 22.2. The quantitative estimate of drug-likeness (QED) is 0.208. The van der Waals surface area contributed by atoms with Crippen LogP contribution in [0, 0.1) is 7.43 Å². The summed E-state index contributed by atoms with van der Waals surface area (Å²) in [5, 5.41) is 0. The van der Waals surface area contributed by atoms with Crippen molar-refractivity contribution in [3.05, 3.63) is 7.43 Å². The first-order valence-electron chi connectivity index (χ1n) is 0.134. The predicted octanol–water partition coefficient (Wildman–Crippen LogP) is 0.796. The number of halogens is 1. The molecule has 0 aliphatic rings. The van der Waals surface area contributed by atoms with Crippen LogP contribution in [0.3, 0.4) is 0 Å².